The van der Waals surface area contributed by atoms with Gasteiger partial charge < -0.3 is 8.98 Å². The molecule has 0 atom stereocenters. The molecule has 2 heteroatoms. The Morgan fingerprint density at radius 2 is 0.758 bits per heavy atom. The molecule has 2 nitrogen and oxygen atoms in total. The van der Waals surface area contributed by atoms with Crippen molar-refractivity contribution in [2.45, 2.75) is 0 Å². The van der Waals surface area contributed by atoms with Crippen LogP contribution in [0.2, 0.25) is 0 Å². The molecule has 12 aromatic carbocycles. The van der Waals surface area contributed by atoms with Gasteiger partial charge in [0.25, 0.3) is 0 Å². The number of benzene rings is 12. The van der Waals surface area contributed by atoms with Crippen molar-refractivity contribution >= 4 is 86.8 Å². The molecule has 306 valence electrons. The molecule has 0 saturated heterocycles. The Hall–Kier alpha value is -8.72. The van der Waals surface area contributed by atoms with Gasteiger partial charge in [-0.05, 0) is 131 Å². The summed E-state index contributed by atoms with van der Waals surface area (Å²) in [6, 6.07) is 86.6. The molecule has 0 aliphatic rings. The summed E-state index contributed by atoms with van der Waals surface area (Å²) in [6.45, 7) is 0. The smallest absolute Gasteiger partial charge is 0.143 e. The molecule has 0 radical (unpaired) electrons. The first-order valence-electron chi connectivity index (χ1n) is 22.7. The van der Waals surface area contributed by atoms with Crippen molar-refractivity contribution in [2.24, 2.45) is 0 Å². The largest absolute Gasteiger partial charge is 0.455 e. The zero-order valence-electron chi connectivity index (χ0n) is 35.9. The van der Waals surface area contributed by atoms with Gasteiger partial charge in [0, 0.05) is 32.8 Å². The van der Waals surface area contributed by atoms with Gasteiger partial charge in [-0.1, -0.05) is 188 Å². The van der Waals surface area contributed by atoms with Gasteiger partial charge in [0.1, 0.15) is 11.2 Å². The maximum Gasteiger partial charge on any atom is 0.143 e. The number of hydrogen-bond acceptors (Lipinski definition) is 1. The fourth-order valence-corrected chi connectivity index (χ4v) is 11.0. The van der Waals surface area contributed by atoms with Crippen molar-refractivity contribution in [1.82, 2.24) is 4.57 Å². The lowest BCUT2D eigenvalue weighted by Crippen LogP contribution is -1.95. The Bertz CT molecular complexity index is 4210. The van der Waals surface area contributed by atoms with Crippen LogP contribution >= 0.6 is 0 Å². The third kappa shape index (κ3) is 5.49. The second kappa shape index (κ2) is 14.4. The SMILES string of the molecule is c1ccc(-c2c3ccccc3c(-c3ccc(-n4c5ccc(-c6cc7ccccc7c7ccccc67)cc5c5cc(-c6cccc7c6oc6ccccc67)ccc54)cc3)c3ccccc23)cc1. The van der Waals surface area contributed by atoms with Crippen LogP contribution in [0.4, 0.5) is 0 Å². The Labute approximate surface area is 380 Å². The van der Waals surface area contributed by atoms with Crippen LogP contribution in [0.15, 0.2) is 241 Å². The average Bonchev–Trinajstić information content (AvgIpc) is 3.93. The predicted octanol–water partition coefficient (Wildman–Crippen LogP) is 18.0. The van der Waals surface area contributed by atoms with Gasteiger partial charge in [0.2, 0.25) is 0 Å². The minimum absolute atomic E-state index is 0.904. The molecule has 14 aromatic rings. The molecule has 0 amide bonds. The van der Waals surface area contributed by atoms with Crippen molar-refractivity contribution in [3.05, 3.63) is 237 Å². The maximum atomic E-state index is 6.59. The van der Waals surface area contributed by atoms with Crippen LogP contribution < -0.4 is 0 Å². The summed E-state index contributed by atoms with van der Waals surface area (Å²) in [4.78, 5) is 0. The minimum Gasteiger partial charge on any atom is -0.455 e. The van der Waals surface area contributed by atoms with E-state index in [0.717, 1.165) is 49.8 Å². The molecule has 2 heterocycles. The molecule has 0 spiro atoms. The monoisotopic (exact) mass is 837 g/mol. The summed E-state index contributed by atoms with van der Waals surface area (Å²) in [5, 5.41) is 14.7. The molecule has 0 aliphatic heterocycles. The highest BCUT2D eigenvalue weighted by atomic mass is 16.3. The van der Waals surface area contributed by atoms with Crippen molar-refractivity contribution in [3.63, 3.8) is 0 Å². The first-order chi connectivity index (χ1) is 32.7. The lowest BCUT2D eigenvalue weighted by atomic mass is 9.86. The van der Waals surface area contributed by atoms with Crippen LogP contribution in [-0.4, -0.2) is 4.57 Å². The normalized spacial score (nSPS) is 11.9. The number of para-hydroxylation sites is 2. The highest BCUT2D eigenvalue weighted by molar-refractivity contribution is 6.22. The first kappa shape index (κ1) is 36.7. The maximum absolute atomic E-state index is 6.59. The average molecular weight is 838 g/mol. The van der Waals surface area contributed by atoms with E-state index < -0.39 is 0 Å². The Kier molecular flexibility index (Phi) is 8.02. The second-order valence-corrected chi connectivity index (χ2v) is 17.5. The zero-order valence-corrected chi connectivity index (χ0v) is 35.9. The standard InChI is InChI=1S/C64H39NO/c1-2-15-40(16-3-1)62-51-22-8-10-24-53(51)63(54-25-11-9-23-52(54)62)41-29-33-45(34-30-41)65-59-35-31-43(47-26-14-27-55-50-21-12-13-28-61(50)66-64(47)55)38-57(59)58-39-44(32-36-60(58)65)56-37-42-17-4-5-18-46(42)48-19-6-7-20-49(48)56/h1-39H. The summed E-state index contributed by atoms with van der Waals surface area (Å²) >= 11 is 0. The number of hydrogen-bond donors (Lipinski definition) is 0. The fraction of sp³-hybridized carbons (Fsp3) is 0. The van der Waals surface area contributed by atoms with E-state index >= 15 is 0 Å². The van der Waals surface area contributed by atoms with Gasteiger partial charge in [-0.25, -0.2) is 0 Å². The van der Waals surface area contributed by atoms with E-state index in [4.69, 9.17) is 4.42 Å². The van der Waals surface area contributed by atoms with Crippen molar-refractivity contribution in [3.8, 4) is 50.2 Å². The number of fused-ring (bicyclic) bond motifs is 11. The number of rotatable bonds is 5. The molecule has 0 saturated carbocycles. The van der Waals surface area contributed by atoms with E-state index in [9.17, 15) is 0 Å². The van der Waals surface area contributed by atoms with Gasteiger partial charge in [0.05, 0.1) is 11.0 Å². The molecule has 66 heavy (non-hydrogen) atoms. The molecule has 0 fully saturated rings. The number of aromatic nitrogens is 1. The topological polar surface area (TPSA) is 18.1 Å². The fourth-order valence-electron chi connectivity index (χ4n) is 11.0. The molecule has 0 N–H and O–H groups in total. The summed E-state index contributed by atoms with van der Waals surface area (Å²) in [6.07, 6.45) is 0. The summed E-state index contributed by atoms with van der Waals surface area (Å²) < 4.78 is 9.03. The van der Waals surface area contributed by atoms with E-state index in [1.807, 2.05) is 6.07 Å². The molecule has 0 bridgehead atoms. The minimum atomic E-state index is 0.904. The van der Waals surface area contributed by atoms with Crippen LogP contribution in [0, 0.1) is 0 Å². The molecular weight excluding hydrogens is 799 g/mol. The summed E-state index contributed by atoms with van der Waals surface area (Å²) in [5.74, 6) is 0. The number of nitrogens with zero attached hydrogens (tertiary/aromatic N) is 1. The highest BCUT2D eigenvalue weighted by Crippen LogP contribution is 2.45. The van der Waals surface area contributed by atoms with E-state index in [-0.39, 0.29) is 0 Å². The van der Waals surface area contributed by atoms with Gasteiger partial charge in [-0.15, -0.1) is 0 Å². The molecular formula is C64H39NO. The molecule has 14 rings (SSSR count). The van der Waals surface area contributed by atoms with Crippen LogP contribution in [0.5, 0.6) is 0 Å². The molecule has 0 aliphatic carbocycles. The van der Waals surface area contributed by atoms with Crippen molar-refractivity contribution < 1.29 is 4.42 Å². The van der Waals surface area contributed by atoms with Gasteiger partial charge in [-0.3, -0.25) is 0 Å². The van der Waals surface area contributed by atoms with E-state index in [0.29, 0.717) is 0 Å². The van der Waals surface area contributed by atoms with E-state index in [1.54, 1.807) is 0 Å². The Morgan fingerprint density at radius 3 is 1.41 bits per heavy atom. The van der Waals surface area contributed by atoms with Gasteiger partial charge >= 0.3 is 0 Å². The highest BCUT2D eigenvalue weighted by Gasteiger charge is 2.20. The molecule has 2 aromatic heterocycles. The third-order valence-corrected chi connectivity index (χ3v) is 14.0. The van der Waals surface area contributed by atoms with Crippen molar-refractivity contribution in [1.29, 1.82) is 0 Å². The quantitative estimate of drug-likeness (QED) is 0.125. The lowest BCUT2D eigenvalue weighted by Gasteiger charge is -2.18. The van der Waals surface area contributed by atoms with Gasteiger partial charge in [-0.2, -0.15) is 0 Å². The van der Waals surface area contributed by atoms with Crippen LogP contribution in [-0.2, 0) is 0 Å². The summed E-state index contributed by atoms with van der Waals surface area (Å²) in [7, 11) is 0. The van der Waals surface area contributed by atoms with E-state index in [2.05, 4.69) is 235 Å². The molecule has 0 unspecified atom stereocenters. The van der Waals surface area contributed by atoms with Crippen LogP contribution in [0.1, 0.15) is 0 Å². The van der Waals surface area contributed by atoms with Crippen LogP contribution in [0.25, 0.3) is 137 Å². The predicted molar refractivity (Wildman–Crippen MR) is 280 cm³/mol. The third-order valence-electron chi connectivity index (χ3n) is 14.0. The Morgan fingerprint density at radius 1 is 0.273 bits per heavy atom. The van der Waals surface area contributed by atoms with Crippen molar-refractivity contribution in [2.75, 3.05) is 0 Å². The van der Waals surface area contributed by atoms with Crippen LogP contribution in [0.3, 0.4) is 0 Å². The second-order valence-electron chi connectivity index (χ2n) is 17.5. The van der Waals surface area contributed by atoms with E-state index in [1.165, 1.54) is 87.2 Å². The zero-order chi connectivity index (χ0) is 43.3. The first-order valence-corrected chi connectivity index (χ1v) is 22.7. The van der Waals surface area contributed by atoms with Gasteiger partial charge in [0.15, 0.2) is 0 Å². The summed E-state index contributed by atoms with van der Waals surface area (Å²) in [5.41, 5.74) is 14.8. The Balaban J connectivity index is 0.987. The lowest BCUT2D eigenvalue weighted by molar-refractivity contribution is 0.670. The number of furan rings is 1.